The Bertz CT molecular complexity index is 286. The average Bonchev–Trinajstić information content (AvgIpc) is 2.21. The monoisotopic (exact) mass is 256 g/mol. The summed E-state index contributed by atoms with van der Waals surface area (Å²) in [4.78, 5) is 0. The van der Waals surface area contributed by atoms with Crippen molar-refractivity contribution in [3.63, 3.8) is 0 Å². The van der Waals surface area contributed by atoms with Crippen LogP contribution in [-0.4, -0.2) is 27.2 Å². The van der Waals surface area contributed by atoms with E-state index in [2.05, 4.69) is 40.3 Å². The van der Waals surface area contributed by atoms with E-state index in [0.29, 0.717) is 5.92 Å². The second-order valence-corrected chi connectivity index (χ2v) is 5.18. The summed E-state index contributed by atoms with van der Waals surface area (Å²) < 4.78 is 1.26. The van der Waals surface area contributed by atoms with Gasteiger partial charge in [0.2, 0.25) is 0 Å². The van der Waals surface area contributed by atoms with Gasteiger partial charge in [-0.1, -0.05) is 0 Å². The molecule has 1 fully saturated rings. The molecular formula is C12H16OSe. The fourth-order valence-electron chi connectivity index (χ4n) is 2.16. The number of hydrogen-bond donors (Lipinski definition) is 1. The predicted molar refractivity (Wildman–Crippen MR) is 60.4 cm³/mol. The number of aliphatic hydroxyl groups is 1. The molecule has 2 heteroatoms. The van der Waals surface area contributed by atoms with E-state index in [4.69, 9.17) is 0 Å². The quantitative estimate of drug-likeness (QED) is 0.748. The van der Waals surface area contributed by atoms with Crippen molar-refractivity contribution in [1.29, 1.82) is 0 Å². The number of benzene rings is 1. The van der Waals surface area contributed by atoms with Crippen LogP contribution in [-0.2, 0) is 0 Å². The standard InChI is InChI=1S/C12H16OSe/c13-11-5-1-9(2-6-11)10-3-7-12(14)8-4-10/h3-4,7-9,11,13-14H,1-2,5-6H2. The van der Waals surface area contributed by atoms with Gasteiger partial charge in [0.15, 0.2) is 0 Å². The van der Waals surface area contributed by atoms with Crippen LogP contribution in [0.4, 0.5) is 0 Å². The molecule has 14 heavy (non-hydrogen) atoms. The topological polar surface area (TPSA) is 20.2 Å². The molecule has 0 heterocycles. The molecule has 0 aliphatic heterocycles. The van der Waals surface area contributed by atoms with Crippen LogP contribution < -0.4 is 4.46 Å². The van der Waals surface area contributed by atoms with Gasteiger partial charge >= 0.3 is 93.1 Å². The van der Waals surface area contributed by atoms with Crippen molar-refractivity contribution < 1.29 is 5.11 Å². The molecule has 1 aromatic rings. The molecule has 0 spiro atoms. The zero-order valence-electron chi connectivity index (χ0n) is 8.19. The van der Waals surface area contributed by atoms with Crippen LogP contribution in [0.2, 0.25) is 0 Å². The first-order valence-corrected chi connectivity index (χ1v) is 6.16. The molecule has 1 aliphatic carbocycles. The average molecular weight is 255 g/mol. The maximum absolute atomic E-state index is 9.42. The minimum atomic E-state index is -0.0478. The van der Waals surface area contributed by atoms with E-state index in [9.17, 15) is 5.11 Å². The fraction of sp³-hybridized carbons (Fsp3) is 0.500. The van der Waals surface area contributed by atoms with Crippen molar-refractivity contribution >= 4 is 20.5 Å². The first-order valence-electron chi connectivity index (χ1n) is 5.22. The molecule has 0 atom stereocenters. The van der Waals surface area contributed by atoms with Crippen LogP contribution >= 0.6 is 0 Å². The summed E-state index contributed by atoms with van der Waals surface area (Å²) in [5.74, 6) is 0.673. The van der Waals surface area contributed by atoms with Gasteiger partial charge in [-0.25, -0.2) is 0 Å². The Morgan fingerprint density at radius 1 is 1.00 bits per heavy atom. The van der Waals surface area contributed by atoms with E-state index >= 15 is 0 Å². The third kappa shape index (κ3) is 2.38. The van der Waals surface area contributed by atoms with Gasteiger partial charge in [-0.05, 0) is 0 Å². The summed E-state index contributed by atoms with van der Waals surface area (Å²) in [6, 6.07) is 8.74. The van der Waals surface area contributed by atoms with E-state index in [1.54, 1.807) is 0 Å². The molecule has 1 aliphatic rings. The molecule has 1 nitrogen and oxygen atoms in total. The molecule has 1 saturated carbocycles. The van der Waals surface area contributed by atoms with E-state index in [1.165, 1.54) is 10.0 Å². The molecule has 0 amide bonds. The molecule has 0 saturated heterocycles. The van der Waals surface area contributed by atoms with Gasteiger partial charge in [0.05, 0.1) is 0 Å². The van der Waals surface area contributed by atoms with Crippen molar-refractivity contribution in [2.45, 2.75) is 37.7 Å². The Kier molecular flexibility index (Phi) is 3.27. The number of rotatable bonds is 1. The Labute approximate surface area is 93.3 Å². The molecule has 1 aromatic carbocycles. The summed E-state index contributed by atoms with van der Waals surface area (Å²) >= 11 is 2.56. The van der Waals surface area contributed by atoms with Crippen molar-refractivity contribution in [2.24, 2.45) is 0 Å². The number of hydrogen-bond acceptors (Lipinski definition) is 1. The van der Waals surface area contributed by atoms with Crippen molar-refractivity contribution in [3.05, 3.63) is 29.8 Å². The predicted octanol–water partition coefficient (Wildman–Crippen LogP) is 1.23. The van der Waals surface area contributed by atoms with Crippen molar-refractivity contribution in [3.8, 4) is 0 Å². The van der Waals surface area contributed by atoms with Crippen LogP contribution in [0.3, 0.4) is 0 Å². The van der Waals surface area contributed by atoms with Gasteiger partial charge < -0.3 is 0 Å². The first kappa shape index (κ1) is 10.2. The van der Waals surface area contributed by atoms with E-state index in [-0.39, 0.29) is 6.10 Å². The van der Waals surface area contributed by atoms with Crippen LogP contribution in [0, 0.1) is 0 Å². The van der Waals surface area contributed by atoms with Crippen LogP contribution in [0.1, 0.15) is 37.2 Å². The molecule has 0 radical (unpaired) electrons. The summed E-state index contributed by atoms with van der Waals surface area (Å²) in [5, 5.41) is 9.42. The van der Waals surface area contributed by atoms with Crippen LogP contribution in [0.25, 0.3) is 0 Å². The maximum atomic E-state index is 9.42. The summed E-state index contributed by atoms with van der Waals surface area (Å²) in [5.41, 5.74) is 1.44. The zero-order chi connectivity index (χ0) is 9.97. The summed E-state index contributed by atoms with van der Waals surface area (Å²) in [6.45, 7) is 0. The fourth-order valence-corrected chi connectivity index (χ4v) is 2.47. The van der Waals surface area contributed by atoms with Crippen molar-refractivity contribution in [1.82, 2.24) is 0 Å². The van der Waals surface area contributed by atoms with Gasteiger partial charge in [0.25, 0.3) is 0 Å². The van der Waals surface area contributed by atoms with E-state index < -0.39 is 0 Å². The van der Waals surface area contributed by atoms with Gasteiger partial charge in [-0.3, -0.25) is 0 Å². The third-order valence-electron chi connectivity index (χ3n) is 3.06. The van der Waals surface area contributed by atoms with Crippen LogP contribution in [0.15, 0.2) is 24.3 Å². The molecular weight excluding hydrogens is 239 g/mol. The summed E-state index contributed by atoms with van der Waals surface area (Å²) in [6.07, 6.45) is 4.16. The normalized spacial score (nSPS) is 27.6. The Balaban J connectivity index is 2.05. The second-order valence-electron chi connectivity index (χ2n) is 4.10. The Morgan fingerprint density at radius 2 is 1.57 bits per heavy atom. The van der Waals surface area contributed by atoms with Gasteiger partial charge in [-0.15, -0.1) is 0 Å². The third-order valence-corrected chi connectivity index (χ3v) is 3.69. The van der Waals surface area contributed by atoms with Gasteiger partial charge in [0, 0.05) is 0 Å². The molecule has 0 unspecified atom stereocenters. The van der Waals surface area contributed by atoms with Crippen LogP contribution in [0.5, 0.6) is 0 Å². The minimum absolute atomic E-state index is 0.0478. The van der Waals surface area contributed by atoms with E-state index in [1.807, 2.05) is 0 Å². The number of aliphatic hydroxyl groups excluding tert-OH is 1. The Hall–Kier alpha value is -0.301. The zero-order valence-corrected chi connectivity index (χ0v) is 10.1. The molecule has 1 N–H and O–H groups in total. The summed E-state index contributed by atoms with van der Waals surface area (Å²) in [7, 11) is 0. The SMILES string of the molecule is OC1CCC(c2ccc([SeH])cc2)CC1. The van der Waals surface area contributed by atoms with Gasteiger partial charge in [0.1, 0.15) is 0 Å². The second kappa shape index (κ2) is 4.48. The Morgan fingerprint density at radius 3 is 2.14 bits per heavy atom. The van der Waals surface area contributed by atoms with E-state index in [0.717, 1.165) is 25.7 Å². The molecule has 0 bridgehead atoms. The van der Waals surface area contributed by atoms with Crippen molar-refractivity contribution in [2.75, 3.05) is 0 Å². The molecule has 76 valence electrons. The van der Waals surface area contributed by atoms with Gasteiger partial charge in [-0.2, -0.15) is 0 Å². The molecule has 2 rings (SSSR count). The molecule has 0 aromatic heterocycles. The first-order chi connectivity index (χ1) is 6.75.